The average molecular weight is 550 g/mol. The van der Waals surface area contributed by atoms with Crippen LogP contribution in [-0.4, -0.2) is 62.3 Å². The van der Waals surface area contributed by atoms with Crippen molar-refractivity contribution in [3.8, 4) is 0 Å². The minimum Gasteiger partial charge on any atom is -0.477 e. The van der Waals surface area contributed by atoms with Crippen molar-refractivity contribution in [3.05, 3.63) is 38.4 Å². The van der Waals surface area contributed by atoms with Gasteiger partial charge in [0.2, 0.25) is 5.51 Å². The maximum Gasteiger partial charge on any atom is 0.352 e. The molecule has 11 nitrogen and oxygen atoms in total. The normalized spacial score (nSPS) is 21.5. The molecule has 3 aliphatic rings. The van der Waals surface area contributed by atoms with Gasteiger partial charge < -0.3 is 21.0 Å². The first-order chi connectivity index (χ1) is 17.4. The van der Waals surface area contributed by atoms with Crippen molar-refractivity contribution in [2.24, 2.45) is 5.16 Å². The van der Waals surface area contributed by atoms with E-state index in [0.717, 1.165) is 30.6 Å². The zero-order chi connectivity index (χ0) is 25.4. The number of thiazole rings is 2. The van der Waals surface area contributed by atoms with Crippen LogP contribution in [0.5, 0.6) is 0 Å². The molecule has 2 aromatic rings. The lowest BCUT2D eigenvalue weighted by Gasteiger charge is -2.49. The number of aliphatic carboxylic acids is 1. The first-order valence-corrected chi connectivity index (χ1v) is 14.3. The zero-order valence-electron chi connectivity index (χ0n) is 19.4. The summed E-state index contributed by atoms with van der Waals surface area (Å²) in [6, 6.07) is -0.886. The number of amides is 2. The molecule has 1 saturated heterocycles. The van der Waals surface area contributed by atoms with Gasteiger partial charge in [-0.15, -0.1) is 23.1 Å². The average Bonchev–Trinajstić information content (AvgIpc) is 3.48. The summed E-state index contributed by atoms with van der Waals surface area (Å²) in [6.07, 6.45) is 4.34. The molecular formula is C22H25N6O5S3+. The van der Waals surface area contributed by atoms with Crippen LogP contribution in [-0.2, 0) is 38.6 Å². The van der Waals surface area contributed by atoms with E-state index in [1.165, 1.54) is 33.7 Å². The smallest absolute Gasteiger partial charge is 0.352 e. The number of nitrogen functional groups attached to an aromatic ring is 1. The molecule has 1 aliphatic carbocycles. The number of aromatic nitrogens is 2. The van der Waals surface area contributed by atoms with Gasteiger partial charge in [-0.3, -0.25) is 14.5 Å². The highest BCUT2D eigenvalue weighted by Crippen LogP contribution is 2.40. The van der Waals surface area contributed by atoms with E-state index in [4.69, 9.17) is 10.6 Å². The topological polar surface area (TPSA) is 151 Å². The van der Waals surface area contributed by atoms with Gasteiger partial charge in [-0.1, -0.05) is 16.5 Å². The van der Waals surface area contributed by atoms with Crippen LogP contribution in [0.3, 0.4) is 0 Å². The quantitative estimate of drug-likeness (QED) is 0.192. The molecule has 2 amide bonds. The van der Waals surface area contributed by atoms with Crippen molar-refractivity contribution in [2.75, 3.05) is 18.1 Å². The Bertz CT molecular complexity index is 1280. The summed E-state index contributed by atoms with van der Waals surface area (Å²) >= 11 is 4.30. The molecular weight excluding hydrogens is 524 g/mol. The Balaban J connectivity index is 1.35. The van der Waals surface area contributed by atoms with E-state index < -0.39 is 29.2 Å². The second-order valence-corrected chi connectivity index (χ2v) is 11.4. The Morgan fingerprint density at radius 1 is 1.36 bits per heavy atom. The fourth-order valence-electron chi connectivity index (χ4n) is 4.57. The molecule has 0 bridgehead atoms. The van der Waals surface area contributed by atoms with Crippen molar-refractivity contribution < 1.29 is 28.9 Å². The number of hydrogen-bond donors (Lipinski definition) is 3. The first-order valence-electron chi connectivity index (χ1n) is 11.5. The van der Waals surface area contributed by atoms with Crippen molar-refractivity contribution in [1.29, 1.82) is 0 Å². The fraction of sp³-hybridized carbons (Fsp3) is 0.455. The summed E-state index contributed by atoms with van der Waals surface area (Å²) in [7, 11) is 0. The van der Waals surface area contributed by atoms with Crippen molar-refractivity contribution in [2.45, 2.75) is 50.6 Å². The molecule has 36 heavy (non-hydrogen) atoms. The van der Waals surface area contributed by atoms with E-state index >= 15 is 0 Å². The highest BCUT2D eigenvalue weighted by atomic mass is 32.2. The number of anilines is 1. The van der Waals surface area contributed by atoms with Crippen molar-refractivity contribution >= 4 is 63.1 Å². The fourth-order valence-corrected chi connectivity index (χ4v) is 7.52. The third kappa shape index (κ3) is 4.48. The molecule has 0 aromatic carbocycles. The molecule has 0 radical (unpaired) electrons. The van der Waals surface area contributed by atoms with Gasteiger partial charge in [-0.25, -0.2) is 9.78 Å². The Hall–Kier alpha value is -2.97. The predicted octanol–water partition coefficient (Wildman–Crippen LogP) is 1.13. The Morgan fingerprint density at radius 3 is 2.89 bits per heavy atom. The largest absolute Gasteiger partial charge is 0.477 e. The van der Waals surface area contributed by atoms with Gasteiger partial charge >= 0.3 is 5.97 Å². The number of carbonyl (C=O) groups is 3. The summed E-state index contributed by atoms with van der Waals surface area (Å²) in [4.78, 5) is 50.1. The van der Waals surface area contributed by atoms with E-state index in [1.54, 1.807) is 23.6 Å². The van der Waals surface area contributed by atoms with Gasteiger partial charge in [0, 0.05) is 23.1 Å². The van der Waals surface area contributed by atoms with Crippen LogP contribution in [0.15, 0.2) is 27.3 Å². The summed E-state index contributed by atoms with van der Waals surface area (Å²) in [5, 5.41) is 17.9. The Morgan fingerprint density at radius 2 is 2.17 bits per heavy atom. The summed E-state index contributed by atoms with van der Waals surface area (Å²) < 4.78 is 2.12. The van der Waals surface area contributed by atoms with Crippen LogP contribution in [0.2, 0.25) is 0 Å². The lowest BCUT2D eigenvalue weighted by Crippen LogP contribution is -2.71. The molecule has 2 atom stereocenters. The third-order valence-corrected chi connectivity index (χ3v) is 9.32. The number of aryl methyl sites for hydroxylation is 1. The number of nitrogens with one attached hydrogen (secondary N) is 1. The minimum absolute atomic E-state index is 0.00740. The number of fused-ring (bicyclic) bond motifs is 2. The van der Waals surface area contributed by atoms with E-state index in [9.17, 15) is 19.5 Å². The number of β-lactam (4-membered cyclic amide) rings is 1. The predicted molar refractivity (Wildman–Crippen MR) is 136 cm³/mol. The van der Waals surface area contributed by atoms with Crippen molar-refractivity contribution in [1.82, 2.24) is 15.2 Å². The molecule has 4 N–H and O–H groups in total. The van der Waals surface area contributed by atoms with Crippen LogP contribution in [0.4, 0.5) is 5.13 Å². The van der Waals surface area contributed by atoms with E-state index in [-0.39, 0.29) is 28.8 Å². The third-order valence-electron chi connectivity index (χ3n) is 6.22. The van der Waals surface area contributed by atoms with Gasteiger partial charge in [0.1, 0.15) is 29.4 Å². The molecule has 2 aromatic heterocycles. The molecule has 5 rings (SSSR count). The zero-order valence-corrected chi connectivity index (χ0v) is 21.9. The molecule has 2 aliphatic heterocycles. The summed E-state index contributed by atoms with van der Waals surface area (Å²) in [6.45, 7) is 2.40. The molecule has 1 fully saturated rings. The number of hydrogen-bond acceptors (Lipinski definition) is 10. The van der Waals surface area contributed by atoms with Crippen LogP contribution in [0.25, 0.3) is 0 Å². The Labute approximate surface area is 219 Å². The number of nitrogens with zero attached hydrogens (tertiary/aromatic N) is 4. The van der Waals surface area contributed by atoms with E-state index in [1.807, 2.05) is 5.51 Å². The Kier molecular flexibility index (Phi) is 6.99. The molecule has 0 unspecified atom stereocenters. The number of nitrogens with two attached hydrogens (primary N) is 1. The van der Waals surface area contributed by atoms with E-state index in [2.05, 4.69) is 20.0 Å². The number of thioether (sulfide) groups is 1. The number of carboxylic acids is 1. The standard InChI is InChI=1S/C22H24N6O5S3/c1-2-33-26-15(12-9-35-22(23)24-12)18(29)25-16-19(30)28-17(21(31)32)11(8-34-20(16)28)7-27-10-36-14-6-4-3-5-13(14)27/h9-10,16,20H,2-8H2,1H3,(H3-,23,24,25,29,31,32)/p+1/b26-15+/t16-,20-/m1/s1. The highest BCUT2D eigenvalue weighted by molar-refractivity contribution is 8.00. The summed E-state index contributed by atoms with van der Waals surface area (Å²) in [5.41, 5.74) is 9.85. The maximum absolute atomic E-state index is 13.1. The van der Waals surface area contributed by atoms with E-state index in [0.29, 0.717) is 17.9 Å². The number of oxime groups is 1. The lowest BCUT2D eigenvalue weighted by molar-refractivity contribution is -0.692. The molecule has 0 saturated carbocycles. The van der Waals surface area contributed by atoms with Crippen LogP contribution < -0.4 is 15.6 Å². The highest BCUT2D eigenvalue weighted by Gasteiger charge is 2.55. The molecule has 190 valence electrons. The van der Waals surface area contributed by atoms with Crippen LogP contribution in [0, 0.1) is 0 Å². The van der Waals surface area contributed by atoms with Gasteiger partial charge in [0.15, 0.2) is 23.1 Å². The second-order valence-electron chi connectivity index (χ2n) is 8.48. The van der Waals surface area contributed by atoms with Crippen LogP contribution >= 0.6 is 34.4 Å². The molecule has 14 heteroatoms. The van der Waals surface area contributed by atoms with Gasteiger partial charge in [-0.05, 0) is 26.2 Å². The SMILES string of the molecule is CCO/N=C(/C(=O)N[C@@H]1C(=O)N2C(C(=O)O)=C(C[n+]3csc4c3CCCC4)CS[C@H]12)c1csc(N)n1. The monoisotopic (exact) mass is 549 g/mol. The van der Waals surface area contributed by atoms with Gasteiger partial charge in [0.25, 0.3) is 11.8 Å². The first kappa shape index (κ1) is 24.7. The maximum atomic E-state index is 13.1. The number of rotatable bonds is 8. The van der Waals surface area contributed by atoms with Crippen LogP contribution in [0.1, 0.15) is 36.0 Å². The minimum atomic E-state index is -1.14. The summed E-state index contributed by atoms with van der Waals surface area (Å²) in [5.74, 6) is -1.81. The second kappa shape index (κ2) is 10.2. The number of carboxylic acid groups (broad SMARTS) is 1. The lowest BCUT2D eigenvalue weighted by atomic mass is 10.0. The van der Waals surface area contributed by atoms with Gasteiger partial charge in [-0.2, -0.15) is 4.57 Å². The molecule has 4 heterocycles. The molecule has 0 spiro atoms. The number of carbonyl (C=O) groups excluding carboxylic acids is 2. The van der Waals surface area contributed by atoms with Gasteiger partial charge in [0.05, 0.1) is 4.88 Å². The van der Waals surface area contributed by atoms with Crippen molar-refractivity contribution in [3.63, 3.8) is 0 Å².